The maximum absolute atomic E-state index is 13.4. The number of halogens is 1. The maximum atomic E-state index is 13.4. The number of benzene rings is 1. The Morgan fingerprint density at radius 1 is 0.893 bits per heavy atom. The van der Waals surface area contributed by atoms with Crippen molar-refractivity contribution >= 4 is 17.4 Å². The van der Waals surface area contributed by atoms with Gasteiger partial charge in [-0.2, -0.15) is 0 Å². The third kappa shape index (κ3) is 3.82. The summed E-state index contributed by atoms with van der Waals surface area (Å²) in [6.07, 6.45) is 2.76. The summed E-state index contributed by atoms with van der Waals surface area (Å²) in [4.78, 5) is 32.0. The Bertz CT molecular complexity index is 766. The van der Waals surface area contributed by atoms with Gasteiger partial charge in [0.2, 0.25) is 0 Å². The summed E-state index contributed by atoms with van der Waals surface area (Å²) < 4.78 is 18.7. The summed E-state index contributed by atoms with van der Waals surface area (Å²) in [6.45, 7) is 6.04. The second-order valence-corrected chi connectivity index (χ2v) is 7.49. The van der Waals surface area contributed by atoms with Gasteiger partial charge in [-0.05, 0) is 37.0 Å². The molecule has 0 bridgehead atoms. The normalized spacial score (nSPS) is 21.3. The molecule has 3 aliphatic heterocycles. The Balaban J connectivity index is 1.52. The lowest BCUT2D eigenvalue weighted by Crippen LogP contribution is -2.40. The molecule has 3 aliphatic rings. The zero-order valence-electron chi connectivity index (χ0n) is 16.0. The van der Waals surface area contributed by atoms with Crippen LogP contribution in [0.15, 0.2) is 30.0 Å². The van der Waals surface area contributed by atoms with Gasteiger partial charge in [0.25, 0.3) is 11.8 Å². The van der Waals surface area contributed by atoms with E-state index in [1.165, 1.54) is 17.0 Å². The quantitative estimate of drug-likeness (QED) is 0.696. The van der Waals surface area contributed by atoms with Crippen molar-refractivity contribution in [3.8, 4) is 0 Å². The predicted molar refractivity (Wildman–Crippen MR) is 103 cm³/mol. The van der Waals surface area contributed by atoms with E-state index in [9.17, 15) is 14.0 Å². The van der Waals surface area contributed by atoms with E-state index in [1.54, 1.807) is 12.1 Å². The molecule has 28 heavy (non-hydrogen) atoms. The van der Waals surface area contributed by atoms with Crippen molar-refractivity contribution in [2.24, 2.45) is 0 Å². The number of nitrogens with zero attached hydrogens (tertiary/aromatic N) is 3. The highest BCUT2D eigenvalue weighted by molar-refractivity contribution is 6.35. The molecule has 2 saturated heterocycles. The van der Waals surface area contributed by atoms with Gasteiger partial charge in [-0.15, -0.1) is 0 Å². The largest absolute Gasteiger partial charge is 0.379 e. The summed E-state index contributed by atoms with van der Waals surface area (Å²) in [5, 5.41) is 0. The maximum Gasteiger partial charge on any atom is 0.277 e. The number of morpholine rings is 1. The van der Waals surface area contributed by atoms with E-state index in [0.717, 1.165) is 65.2 Å². The lowest BCUT2D eigenvalue weighted by atomic mass is 10.0. The number of ether oxygens (including phenoxy) is 1. The highest BCUT2D eigenvalue weighted by Gasteiger charge is 2.41. The molecular formula is C21H26FN3O3. The van der Waals surface area contributed by atoms with Crippen LogP contribution < -0.4 is 0 Å². The molecule has 0 aromatic heterocycles. The number of rotatable bonds is 6. The van der Waals surface area contributed by atoms with Crippen LogP contribution in [0.5, 0.6) is 0 Å². The van der Waals surface area contributed by atoms with Gasteiger partial charge in [0.15, 0.2) is 0 Å². The van der Waals surface area contributed by atoms with Gasteiger partial charge in [0.05, 0.1) is 18.8 Å². The molecule has 0 atom stereocenters. The van der Waals surface area contributed by atoms with Gasteiger partial charge in [-0.1, -0.05) is 12.1 Å². The number of hydrogen-bond donors (Lipinski definition) is 0. The number of amides is 2. The van der Waals surface area contributed by atoms with Gasteiger partial charge in [0.1, 0.15) is 11.5 Å². The van der Waals surface area contributed by atoms with Gasteiger partial charge < -0.3 is 9.64 Å². The molecule has 2 amide bonds. The second-order valence-electron chi connectivity index (χ2n) is 7.49. The average Bonchev–Trinajstić information content (AvgIpc) is 3.31. The Kier molecular flexibility index (Phi) is 5.73. The number of hydrogen-bond acceptors (Lipinski definition) is 5. The van der Waals surface area contributed by atoms with E-state index < -0.39 is 0 Å². The molecule has 0 spiro atoms. The Morgan fingerprint density at radius 3 is 2.25 bits per heavy atom. The average molecular weight is 387 g/mol. The van der Waals surface area contributed by atoms with Gasteiger partial charge in [0, 0.05) is 39.3 Å². The fraction of sp³-hybridized carbons (Fsp3) is 0.524. The van der Waals surface area contributed by atoms with Crippen LogP contribution in [0, 0.1) is 5.82 Å². The number of carbonyl (C=O) groups excluding carboxylic acids is 2. The fourth-order valence-corrected chi connectivity index (χ4v) is 4.15. The SMILES string of the molecule is O=C1C(c2ccc(F)cc2)=C(N2CCCC2)C(=O)N1CCCN1CCOCC1. The van der Waals surface area contributed by atoms with Crippen LogP contribution >= 0.6 is 0 Å². The molecular weight excluding hydrogens is 361 g/mol. The van der Waals surface area contributed by atoms with E-state index in [4.69, 9.17) is 4.74 Å². The van der Waals surface area contributed by atoms with Crippen LogP contribution in [-0.4, -0.2) is 79.0 Å². The first-order valence-electron chi connectivity index (χ1n) is 10.1. The zero-order chi connectivity index (χ0) is 19.5. The zero-order valence-corrected chi connectivity index (χ0v) is 16.0. The minimum absolute atomic E-state index is 0.215. The predicted octanol–water partition coefficient (Wildman–Crippen LogP) is 1.72. The summed E-state index contributed by atoms with van der Waals surface area (Å²) >= 11 is 0. The second kappa shape index (κ2) is 8.41. The van der Waals surface area contributed by atoms with Gasteiger partial charge in [-0.3, -0.25) is 19.4 Å². The van der Waals surface area contributed by atoms with E-state index in [-0.39, 0.29) is 17.6 Å². The van der Waals surface area contributed by atoms with Crippen molar-refractivity contribution in [1.82, 2.24) is 14.7 Å². The fourth-order valence-electron chi connectivity index (χ4n) is 4.15. The Hall–Kier alpha value is -2.25. The molecule has 0 radical (unpaired) electrons. The molecule has 1 aromatic rings. The van der Waals surface area contributed by atoms with Crippen molar-refractivity contribution < 1.29 is 18.7 Å². The third-order valence-corrected chi connectivity index (χ3v) is 5.66. The molecule has 0 unspecified atom stereocenters. The van der Waals surface area contributed by atoms with Crippen LogP contribution in [0.4, 0.5) is 4.39 Å². The first-order chi connectivity index (χ1) is 13.6. The molecule has 7 heteroatoms. The van der Waals surface area contributed by atoms with Crippen molar-refractivity contribution in [3.63, 3.8) is 0 Å². The van der Waals surface area contributed by atoms with E-state index >= 15 is 0 Å². The molecule has 0 saturated carbocycles. The molecule has 3 heterocycles. The summed E-state index contributed by atoms with van der Waals surface area (Å²) in [5.41, 5.74) is 1.51. The number of imide groups is 1. The molecule has 150 valence electrons. The van der Waals surface area contributed by atoms with E-state index in [1.807, 2.05) is 4.90 Å². The molecule has 0 N–H and O–H groups in total. The monoisotopic (exact) mass is 387 g/mol. The summed E-state index contributed by atoms with van der Waals surface area (Å²) in [7, 11) is 0. The van der Waals surface area contributed by atoms with E-state index in [0.29, 0.717) is 23.4 Å². The van der Waals surface area contributed by atoms with Crippen LogP contribution in [0.2, 0.25) is 0 Å². The first-order valence-corrected chi connectivity index (χ1v) is 10.1. The molecule has 6 nitrogen and oxygen atoms in total. The minimum atomic E-state index is -0.355. The lowest BCUT2D eigenvalue weighted by Gasteiger charge is -2.27. The topological polar surface area (TPSA) is 53.1 Å². The number of carbonyl (C=O) groups is 2. The van der Waals surface area contributed by atoms with Crippen LogP contribution in [0.25, 0.3) is 5.57 Å². The Morgan fingerprint density at radius 2 is 1.57 bits per heavy atom. The highest BCUT2D eigenvalue weighted by atomic mass is 19.1. The Labute approximate surface area is 164 Å². The summed E-state index contributed by atoms with van der Waals surface area (Å²) in [6, 6.07) is 5.85. The van der Waals surface area contributed by atoms with Gasteiger partial charge in [-0.25, -0.2) is 4.39 Å². The van der Waals surface area contributed by atoms with Gasteiger partial charge >= 0.3 is 0 Å². The van der Waals surface area contributed by atoms with Crippen molar-refractivity contribution in [2.75, 3.05) is 52.5 Å². The highest BCUT2D eigenvalue weighted by Crippen LogP contribution is 2.33. The van der Waals surface area contributed by atoms with Crippen LogP contribution in [-0.2, 0) is 14.3 Å². The van der Waals surface area contributed by atoms with Crippen LogP contribution in [0.1, 0.15) is 24.8 Å². The third-order valence-electron chi connectivity index (χ3n) is 5.66. The number of likely N-dealkylation sites (tertiary alicyclic amines) is 1. The molecule has 1 aromatic carbocycles. The lowest BCUT2D eigenvalue weighted by molar-refractivity contribution is -0.137. The molecule has 0 aliphatic carbocycles. The van der Waals surface area contributed by atoms with Crippen molar-refractivity contribution in [2.45, 2.75) is 19.3 Å². The minimum Gasteiger partial charge on any atom is -0.379 e. The van der Waals surface area contributed by atoms with Crippen LogP contribution in [0.3, 0.4) is 0 Å². The molecule has 2 fully saturated rings. The summed E-state index contributed by atoms with van der Waals surface area (Å²) in [5.74, 6) is -0.833. The van der Waals surface area contributed by atoms with Crippen molar-refractivity contribution in [3.05, 3.63) is 41.3 Å². The van der Waals surface area contributed by atoms with E-state index in [2.05, 4.69) is 4.90 Å². The smallest absolute Gasteiger partial charge is 0.277 e. The standard InChI is InChI=1S/C21H26FN3O3/c22-17-6-4-16(5-7-17)18-19(24-9-1-2-10-24)21(27)25(20(18)26)11-3-8-23-12-14-28-15-13-23/h4-7H,1-3,8-15H2. The first kappa shape index (κ1) is 19.1. The molecule has 4 rings (SSSR count). The van der Waals surface area contributed by atoms with Crippen molar-refractivity contribution in [1.29, 1.82) is 0 Å².